The minimum Gasteiger partial charge on any atom is -0.430 e. The summed E-state index contributed by atoms with van der Waals surface area (Å²) in [7, 11) is 0. The first kappa shape index (κ1) is 21.0. The molecule has 4 nitrogen and oxygen atoms in total. The third-order valence-electron chi connectivity index (χ3n) is 7.12. The first-order valence-corrected chi connectivity index (χ1v) is 10.6. The van der Waals surface area contributed by atoms with Crippen molar-refractivity contribution in [2.45, 2.75) is 73.3 Å². The molecule has 0 unspecified atom stereocenters. The van der Waals surface area contributed by atoms with Gasteiger partial charge in [0.05, 0.1) is 17.9 Å². The number of fused-ring (bicyclic) bond motifs is 2. The fourth-order valence-electron chi connectivity index (χ4n) is 5.24. The summed E-state index contributed by atoms with van der Waals surface area (Å²) in [6.45, 7) is 12.2. The molecule has 0 aromatic carbocycles. The Balaban J connectivity index is 2.02. The number of carbonyl (C=O) groups is 2. The van der Waals surface area contributed by atoms with Crippen LogP contribution in [-0.2, 0) is 14.3 Å². The van der Waals surface area contributed by atoms with Gasteiger partial charge in [-0.25, -0.2) is 0 Å². The molecule has 3 rings (SSSR count). The Labute approximate surface area is 168 Å². The summed E-state index contributed by atoms with van der Waals surface area (Å²) in [5.74, 6) is 0.429. The van der Waals surface area contributed by atoms with E-state index in [-0.39, 0.29) is 23.6 Å². The van der Waals surface area contributed by atoms with Crippen molar-refractivity contribution >= 4 is 11.8 Å². The topological polar surface area (TPSA) is 63.6 Å². The molecule has 0 aromatic rings. The number of hydrogen-bond donors (Lipinski definition) is 1. The summed E-state index contributed by atoms with van der Waals surface area (Å²) >= 11 is 0. The Hall–Kier alpha value is -1.68. The van der Waals surface area contributed by atoms with Gasteiger partial charge in [0.15, 0.2) is 5.78 Å². The fourth-order valence-corrected chi connectivity index (χ4v) is 5.24. The highest BCUT2D eigenvalue weighted by atomic mass is 16.5. The Morgan fingerprint density at radius 3 is 2.46 bits per heavy atom. The Bertz CT molecular complexity index is 767. The molecule has 0 amide bonds. The highest BCUT2D eigenvalue weighted by Gasteiger charge is 2.48. The van der Waals surface area contributed by atoms with Gasteiger partial charge in [0.2, 0.25) is 0 Å². The maximum atomic E-state index is 13.0. The third kappa shape index (κ3) is 3.52. The van der Waals surface area contributed by atoms with Gasteiger partial charge in [-0.05, 0) is 69.9 Å². The Morgan fingerprint density at radius 1 is 1.18 bits per heavy atom. The molecule has 0 saturated carbocycles. The number of ketones is 1. The number of hydrogen-bond acceptors (Lipinski definition) is 4. The van der Waals surface area contributed by atoms with Crippen molar-refractivity contribution in [2.75, 3.05) is 0 Å². The van der Waals surface area contributed by atoms with Gasteiger partial charge in [0.25, 0.3) is 0 Å². The van der Waals surface area contributed by atoms with Crippen molar-refractivity contribution < 1.29 is 19.4 Å². The minimum atomic E-state index is -0.758. The lowest BCUT2D eigenvalue weighted by atomic mass is 9.69. The standard InChI is InChI=1S/C24H34O4/c1-13(2)17-12-20(26)24(6)10-9-15(4)22-18(11-14(3)7-8-19(17)24)21(16(5)25)23(27)28-22/h11-13,16,18-19,21,25H,7-10H2,1-6H3/b14-11-,22-15+/t16-,18-,19+,21-,24-/m0/s1. The van der Waals surface area contributed by atoms with Crippen molar-refractivity contribution in [3.63, 3.8) is 0 Å². The van der Waals surface area contributed by atoms with Crippen molar-refractivity contribution in [3.05, 3.63) is 34.6 Å². The zero-order valence-corrected chi connectivity index (χ0v) is 18.0. The molecule has 0 spiro atoms. The summed E-state index contributed by atoms with van der Waals surface area (Å²) in [6, 6.07) is 0. The number of allylic oxidation sites excluding steroid dienone is 5. The van der Waals surface area contributed by atoms with E-state index in [1.807, 2.05) is 13.0 Å². The average molecular weight is 387 g/mol. The van der Waals surface area contributed by atoms with Crippen molar-refractivity contribution in [2.24, 2.45) is 29.1 Å². The second kappa shape index (κ2) is 7.62. The predicted octanol–water partition coefficient (Wildman–Crippen LogP) is 4.74. The van der Waals surface area contributed by atoms with Crippen molar-refractivity contribution in [3.8, 4) is 0 Å². The van der Waals surface area contributed by atoms with Crippen LogP contribution in [0.4, 0.5) is 0 Å². The van der Waals surface area contributed by atoms with Crippen molar-refractivity contribution in [1.82, 2.24) is 0 Å². The van der Waals surface area contributed by atoms with E-state index in [2.05, 4.69) is 33.8 Å². The van der Waals surface area contributed by atoms with Crippen LogP contribution < -0.4 is 0 Å². The number of ether oxygens (including phenoxy) is 1. The lowest BCUT2D eigenvalue weighted by Crippen LogP contribution is -2.32. The Kier molecular flexibility index (Phi) is 5.73. The number of rotatable bonds is 2. The third-order valence-corrected chi connectivity index (χ3v) is 7.12. The molecule has 0 radical (unpaired) electrons. The van der Waals surface area contributed by atoms with Gasteiger partial charge in [0, 0.05) is 5.41 Å². The molecular formula is C24H34O4. The summed E-state index contributed by atoms with van der Waals surface area (Å²) in [5, 5.41) is 10.2. The molecule has 0 bridgehead atoms. The van der Waals surface area contributed by atoms with E-state index in [9.17, 15) is 14.7 Å². The average Bonchev–Trinajstić information content (AvgIpc) is 3.05. The van der Waals surface area contributed by atoms with Gasteiger partial charge >= 0.3 is 5.97 Å². The quantitative estimate of drug-likeness (QED) is 0.550. The molecule has 1 heterocycles. The lowest BCUT2D eigenvalue weighted by molar-refractivity contribution is -0.142. The molecule has 1 saturated heterocycles. The van der Waals surface area contributed by atoms with E-state index in [1.54, 1.807) is 6.92 Å². The maximum absolute atomic E-state index is 13.0. The van der Waals surface area contributed by atoms with E-state index in [4.69, 9.17) is 4.74 Å². The molecular weight excluding hydrogens is 352 g/mol. The van der Waals surface area contributed by atoms with Gasteiger partial charge < -0.3 is 9.84 Å². The molecule has 1 fully saturated rings. The molecule has 3 aliphatic rings. The van der Waals surface area contributed by atoms with Crippen LogP contribution in [0.25, 0.3) is 0 Å². The lowest BCUT2D eigenvalue weighted by Gasteiger charge is -2.33. The van der Waals surface area contributed by atoms with Crippen LogP contribution in [0.2, 0.25) is 0 Å². The second-order valence-corrected chi connectivity index (χ2v) is 9.54. The normalized spacial score (nSPS) is 39.5. The van der Waals surface area contributed by atoms with Gasteiger partial charge in [-0.3, -0.25) is 9.59 Å². The van der Waals surface area contributed by atoms with E-state index >= 15 is 0 Å². The SMILES string of the molecule is C/C1=C/[C@@H]2/C(=C(/C)CC[C@]3(C)C(=O)C=C(C(C)C)[C@H]3CC1)OC(=O)[C@H]2[C@H](C)O. The zero-order chi connectivity index (χ0) is 20.8. The summed E-state index contributed by atoms with van der Waals surface area (Å²) < 4.78 is 5.64. The predicted molar refractivity (Wildman–Crippen MR) is 109 cm³/mol. The molecule has 5 atom stereocenters. The van der Waals surface area contributed by atoms with Crippen LogP contribution in [0, 0.1) is 29.1 Å². The molecule has 1 N–H and O–H groups in total. The van der Waals surface area contributed by atoms with Crippen LogP contribution >= 0.6 is 0 Å². The van der Waals surface area contributed by atoms with Gasteiger partial charge in [-0.2, -0.15) is 0 Å². The van der Waals surface area contributed by atoms with Crippen LogP contribution in [-0.4, -0.2) is 23.0 Å². The van der Waals surface area contributed by atoms with Crippen LogP contribution in [0.1, 0.15) is 67.2 Å². The zero-order valence-electron chi connectivity index (χ0n) is 18.0. The van der Waals surface area contributed by atoms with Gasteiger partial charge in [0.1, 0.15) is 5.76 Å². The summed E-state index contributed by atoms with van der Waals surface area (Å²) in [6.07, 6.45) is 6.53. The molecule has 0 aromatic heterocycles. The van der Waals surface area contributed by atoms with E-state index < -0.39 is 17.4 Å². The smallest absolute Gasteiger partial charge is 0.317 e. The number of aliphatic hydroxyl groups is 1. The molecule has 1 aliphatic heterocycles. The highest BCUT2D eigenvalue weighted by Crippen LogP contribution is 2.50. The summed E-state index contributed by atoms with van der Waals surface area (Å²) in [5.41, 5.74) is 3.08. The first-order chi connectivity index (χ1) is 13.1. The fraction of sp³-hybridized carbons (Fsp3) is 0.667. The number of carbonyl (C=O) groups excluding carboxylic acids is 2. The van der Waals surface area contributed by atoms with E-state index in [1.165, 1.54) is 11.1 Å². The van der Waals surface area contributed by atoms with Gasteiger partial charge in [-0.1, -0.05) is 38.0 Å². The maximum Gasteiger partial charge on any atom is 0.317 e. The van der Waals surface area contributed by atoms with Crippen LogP contribution in [0.5, 0.6) is 0 Å². The monoisotopic (exact) mass is 386 g/mol. The number of aliphatic hydroxyl groups excluding tert-OH is 1. The minimum absolute atomic E-state index is 0.214. The summed E-state index contributed by atoms with van der Waals surface area (Å²) in [4.78, 5) is 25.4. The molecule has 4 heteroatoms. The van der Waals surface area contributed by atoms with E-state index in [0.29, 0.717) is 11.7 Å². The first-order valence-electron chi connectivity index (χ1n) is 10.6. The van der Waals surface area contributed by atoms with Crippen LogP contribution in [0.3, 0.4) is 0 Å². The molecule has 28 heavy (non-hydrogen) atoms. The van der Waals surface area contributed by atoms with Crippen molar-refractivity contribution in [1.29, 1.82) is 0 Å². The molecule has 2 aliphatic carbocycles. The Morgan fingerprint density at radius 2 is 1.86 bits per heavy atom. The highest BCUT2D eigenvalue weighted by molar-refractivity contribution is 5.98. The molecule has 154 valence electrons. The number of esters is 1. The van der Waals surface area contributed by atoms with E-state index in [0.717, 1.165) is 31.3 Å². The second-order valence-electron chi connectivity index (χ2n) is 9.54. The largest absolute Gasteiger partial charge is 0.430 e. The van der Waals surface area contributed by atoms with Crippen LogP contribution in [0.15, 0.2) is 34.6 Å². The van der Waals surface area contributed by atoms with Gasteiger partial charge in [-0.15, -0.1) is 0 Å².